The van der Waals surface area contributed by atoms with Gasteiger partial charge in [-0.2, -0.15) is 13.2 Å². The Morgan fingerprint density at radius 2 is 1.71 bits per heavy atom. The number of benzene rings is 1. The van der Waals surface area contributed by atoms with Crippen LogP contribution in [-0.2, 0) is 6.18 Å². The van der Waals surface area contributed by atoms with Crippen LogP contribution in [0.3, 0.4) is 0 Å². The van der Waals surface area contributed by atoms with E-state index in [9.17, 15) is 17.6 Å². The van der Waals surface area contributed by atoms with E-state index in [1.54, 1.807) is 0 Å². The molecule has 0 amide bonds. The van der Waals surface area contributed by atoms with Crippen molar-refractivity contribution in [3.8, 4) is 0 Å². The molecule has 24 heavy (non-hydrogen) atoms. The maximum absolute atomic E-state index is 13.8. The van der Waals surface area contributed by atoms with Gasteiger partial charge in [-0.05, 0) is 42.5 Å². The lowest BCUT2D eigenvalue weighted by atomic mass is 9.79. The zero-order valence-corrected chi connectivity index (χ0v) is 13.7. The standard InChI is InChI=1S/C18H24F4N2/c19-14-6-7-16(18(20,21)22)15(12-14)17(13-4-2-1-3-5-13)24-10-8-23-9-11-24/h6-7,12-13,17,23H,1-5,8-11H2/t17-/m1/s1. The Bertz CT molecular complexity index is 528. The number of alkyl halides is 3. The molecule has 1 atom stereocenters. The van der Waals surface area contributed by atoms with Crippen molar-refractivity contribution in [2.45, 2.75) is 44.3 Å². The molecule has 2 fully saturated rings. The lowest BCUT2D eigenvalue weighted by Crippen LogP contribution is -2.47. The molecule has 1 N–H and O–H groups in total. The van der Waals surface area contributed by atoms with Gasteiger partial charge in [-0.1, -0.05) is 19.3 Å². The SMILES string of the molecule is Fc1ccc(C(F)(F)F)c([C@@H](C2CCCCC2)N2CCNCC2)c1. The molecule has 6 heteroatoms. The van der Waals surface area contributed by atoms with Crippen molar-refractivity contribution in [1.82, 2.24) is 10.2 Å². The summed E-state index contributed by atoms with van der Waals surface area (Å²) in [6.45, 7) is 2.93. The maximum atomic E-state index is 13.8. The Labute approximate surface area is 140 Å². The molecule has 2 nitrogen and oxygen atoms in total. The van der Waals surface area contributed by atoms with E-state index in [1.165, 1.54) is 0 Å². The summed E-state index contributed by atoms with van der Waals surface area (Å²) in [5.74, 6) is -0.423. The monoisotopic (exact) mass is 344 g/mol. The van der Waals surface area contributed by atoms with E-state index in [4.69, 9.17) is 0 Å². The minimum Gasteiger partial charge on any atom is -0.314 e. The Balaban J connectivity index is 2.02. The molecule has 0 aromatic heterocycles. The van der Waals surface area contributed by atoms with Crippen molar-refractivity contribution in [3.05, 3.63) is 35.1 Å². The molecule has 1 aromatic rings. The molecular formula is C18H24F4N2. The van der Waals surface area contributed by atoms with Gasteiger partial charge in [0.05, 0.1) is 5.56 Å². The number of nitrogens with one attached hydrogen (secondary N) is 1. The van der Waals surface area contributed by atoms with Crippen LogP contribution in [0.25, 0.3) is 0 Å². The second-order valence-corrected chi connectivity index (χ2v) is 6.86. The second kappa shape index (κ2) is 7.40. The van der Waals surface area contributed by atoms with Gasteiger partial charge in [-0.15, -0.1) is 0 Å². The summed E-state index contributed by atoms with van der Waals surface area (Å²) in [5, 5.41) is 3.24. The molecule has 0 unspecified atom stereocenters. The Morgan fingerprint density at radius 3 is 2.33 bits per heavy atom. The van der Waals surface area contributed by atoms with Crippen LogP contribution in [0.5, 0.6) is 0 Å². The summed E-state index contributed by atoms with van der Waals surface area (Å²) in [6.07, 6.45) is 0.614. The number of hydrogen-bond acceptors (Lipinski definition) is 2. The van der Waals surface area contributed by atoms with Gasteiger partial charge in [-0.25, -0.2) is 4.39 Å². The number of rotatable bonds is 3. The lowest BCUT2D eigenvalue weighted by molar-refractivity contribution is -0.139. The van der Waals surface area contributed by atoms with Gasteiger partial charge in [0.2, 0.25) is 0 Å². The third-order valence-corrected chi connectivity index (χ3v) is 5.28. The fraction of sp³-hybridized carbons (Fsp3) is 0.667. The minimum absolute atomic E-state index is 0.122. The predicted octanol–water partition coefficient (Wildman–Crippen LogP) is 4.37. The topological polar surface area (TPSA) is 15.3 Å². The fourth-order valence-electron chi connectivity index (χ4n) is 4.20. The summed E-state index contributed by atoms with van der Waals surface area (Å²) in [6, 6.07) is 2.59. The molecule has 134 valence electrons. The van der Waals surface area contributed by atoms with Crippen molar-refractivity contribution in [2.75, 3.05) is 26.2 Å². The number of halogens is 4. The molecule has 1 aliphatic carbocycles. The van der Waals surface area contributed by atoms with Gasteiger partial charge in [0.15, 0.2) is 0 Å². The molecule has 1 saturated carbocycles. The van der Waals surface area contributed by atoms with Crippen LogP contribution in [0, 0.1) is 11.7 Å². The molecule has 3 rings (SSSR count). The van der Waals surface area contributed by atoms with Crippen LogP contribution in [0.2, 0.25) is 0 Å². The van der Waals surface area contributed by atoms with Crippen LogP contribution in [-0.4, -0.2) is 31.1 Å². The summed E-state index contributed by atoms with van der Waals surface area (Å²) in [7, 11) is 0. The average Bonchev–Trinajstić information content (AvgIpc) is 2.56. The highest BCUT2D eigenvalue weighted by Crippen LogP contribution is 2.43. The van der Waals surface area contributed by atoms with Gasteiger partial charge in [-0.3, -0.25) is 4.90 Å². The average molecular weight is 344 g/mol. The lowest BCUT2D eigenvalue weighted by Gasteiger charge is -2.42. The molecule has 1 aromatic carbocycles. The van der Waals surface area contributed by atoms with E-state index in [-0.39, 0.29) is 17.5 Å². The molecule has 0 spiro atoms. The Hall–Kier alpha value is -1.14. The highest BCUT2D eigenvalue weighted by Gasteiger charge is 2.39. The first-order valence-electron chi connectivity index (χ1n) is 8.78. The van der Waals surface area contributed by atoms with Crippen molar-refractivity contribution in [1.29, 1.82) is 0 Å². The number of hydrogen-bond donors (Lipinski definition) is 1. The minimum atomic E-state index is -4.45. The van der Waals surface area contributed by atoms with E-state index in [0.717, 1.165) is 63.4 Å². The van der Waals surface area contributed by atoms with Crippen LogP contribution >= 0.6 is 0 Å². The van der Waals surface area contributed by atoms with Crippen molar-refractivity contribution in [3.63, 3.8) is 0 Å². The maximum Gasteiger partial charge on any atom is 0.416 e. The zero-order valence-electron chi connectivity index (χ0n) is 13.7. The molecular weight excluding hydrogens is 320 g/mol. The summed E-state index contributed by atoms with van der Waals surface area (Å²) < 4.78 is 54.4. The van der Waals surface area contributed by atoms with Gasteiger partial charge < -0.3 is 5.32 Å². The number of nitrogens with zero attached hydrogens (tertiary/aromatic N) is 1. The van der Waals surface area contributed by atoms with Crippen molar-refractivity contribution < 1.29 is 17.6 Å². The van der Waals surface area contributed by atoms with Crippen molar-refractivity contribution >= 4 is 0 Å². The normalized spacial score (nSPS) is 22.5. The first-order chi connectivity index (χ1) is 11.5. The van der Waals surface area contributed by atoms with Gasteiger partial charge in [0.25, 0.3) is 0 Å². The van der Waals surface area contributed by atoms with Crippen LogP contribution in [0.1, 0.15) is 49.3 Å². The highest BCUT2D eigenvalue weighted by molar-refractivity contribution is 5.34. The van der Waals surface area contributed by atoms with E-state index in [0.29, 0.717) is 13.1 Å². The first-order valence-corrected chi connectivity index (χ1v) is 8.78. The van der Waals surface area contributed by atoms with E-state index >= 15 is 0 Å². The Morgan fingerprint density at radius 1 is 1.04 bits per heavy atom. The fourth-order valence-corrected chi connectivity index (χ4v) is 4.20. The number of piperazine rings is 1. The van der Waals surface area contributed by atoms with E-state index < -0.39 is 17.6 Å². The van der Waals surface area contributed by atoms with E-state index in [1.807, 2.05) is 0 Å². The first kappa shape index (κ1) is 17.7. The van der Waals surface area contributed by atoms with Crippen LogP contribution < -0.4 is 5.32 Å². The highest BCUT2D eigenvalue weighted by atomic mass is 19.4. The zero-order chi connectivity index (χ0) is 17.2. The van der Waals surface area contributed by atoms with Crippen LogP contribution in [0.15, 0.2) is 18.2 Å². The third-order valence-electron chi connectivity index (χ3n) is 5.28. The summed E-state index contributed by atoms with van der Waals surface area (Å²) >= 11 is 0. The molecule has 1 heterocycles. The third kappa shape index (κ3) is 3.91. The quantitative estimate of drug-likeness (QED) is 0.819. The molecule has 0 bridgehead atoms. The van der Waals surface area contributed by atoms with Gasteiger partial charge in [0.1, 0.15) is 5.82 Å². The largest absolute Gasteiger partial charge is 0.416 e. The molecule has 1 aliphatic heterocycles. The van der Waals surface area contributed by atoms with Gasteiger partial charge >= 0.3 is 6.18 Å². The van der Waals surface area contributed by atoms with Gasteiger partial charge in [0, 0.05) is 32.2 Å². The summed E-state index contributed by atoms with van der Waals surface area (Å²) in [5.41, 5.74) is -0.561. The van der Waals surface area contributed by atoms with E-state index in [2.05, 4.69) is 10.2 Å². The van der Waals surface area contributed by atoms with Crippen LogP contribution in [0.4, 0.5) is 17.6 Å². The molecule has 0 radical (unpaired) electrons. The summed E-state index contributed by atoms with van der Waals surface area (Å²) in [4.78, 5) is 2.12. The molecule has 2 aliphatic rings. The Kier molecular flexibility index (Phi) is 5.45. The smallest absolute Gasteiger partial charge is 0.314 e. The second-order valence-electron chi connectivity index (χ2n) is 6.86. The van der Waals surface area contributed by atoms with Crippen molar-refractivity contribution in [2.24, 2.45) is 5.92 Å². The predicted molar refractivity (Wildman–Crippen MR) is 85.2 cm³/mol. The molecule has 1 saturated heterocycles.